The van der Waals surface area contributed by atoms with Gasteiger partial charge < -0.3 is 10.5 Å². The molecule has 1 aliphatic carbocycles. The van der Waals surface area contributed by atoms with Gasteiger partial charge in [-0.15, -0.1) is 12.4 Å². The Morgan fingerprint density at radius 2 is 2.00 bits per heavy atom. The van der Waals surface area contributed by atoms with Crippen LogP contribution >= 0.6 is 12.4 Å². The number of sulfonamides is 1. The fourth-order valence-corrected chi connectivity index (χ4v) is 5.38. The molecule has 24 heavy (non-hydrogen) atoms. The minimum absolute atomic E-state index is 0. The van der Waals surface area contributed by atoms with Gasteiger partial charge in [0.15, 0.2) is 0 Å². The lowest BCUT2D eigenvalue weighted by atomic mass is 9.98. The van der Waals surface area contributed by atoms with Crippen LogP contribution in [0.2, 0.25) is 0 Å². The number of methoxy groups -OCH3 is 1. The maximum atomic E-state index is 12.7. The van der Waals surface area contributed by atoms with Gasteiger partial charge >= 0.3 is 5.97 Å². The lowest BCUT2D eigenvalue weighted by Gasteiger charge is -2.19. The van der Waals surface area contributed by atoms with Crippen molar-refractivity contribution in [3.63, 3.8) is 0 Å². The molecule has 134 valence electrons. The van der Waals surface area contributed by atoms with E-state index in [1.165, 1.54) is 11.4 Å². The third-order valence-corrected chi connectivity index (χ3v) is 6.79. The van der Waals surface area contributed by atoms with Crippen molar-refractivity contribution >= 4 is 28.4 Å². The van der Waals surface area contributed by atoms with E-state index in [-0.39, 0.29) is 30.1 Å². The van der Waals surface area contributed by atoms with Crippen LogP contribution in [0.3, 0.4) is 0 Å². The molecule has 1 saturated carbocycles. The molecule has 2 fully saturated rings. The molecule has 2 N–H and O–H groups in total. The first-order chi connectivity index (χ1) is 10.9. The predicted octanol–water partition coefficient (Wildman–Crippen LogP) is 1.39. The van der Waals surface area contributed by atoms with Crippen molar-refractivity contribution in [2.45, 2.75) is 24.6 Å². The molecule has 8 heteroatoms. The molecule has 3 rings (SSSR count). The van der Waals surface area contributed by atoms with E-state index >= 15 is 0 Å². The Labute approximate surface area is 148 Å². The summed E-state index contributed by atoms with van der Waals surface area (Å²) in [5.41, 5.74) is 6.85. The third kappa shape index (κ3) is 3.59. The van der Waals surface area contributed by atoms with Gasteiger partial charge in [0.25, 0.3) is 0 Å². The van der Waals surface area contributed by atoms with Crippen LogP contribution in [0.15, 0.2) is 24.3 Å². The quantitative estimate of drug-likeness (QED) is 0.804. The summed E-state index contributed by atoms with van der Waals surface area (Å²) in [6.07, 6.45) is 1.98. The number of carbonyl (C=O) groups excluding carboxylic acids is 1. The number of nitrogens with zero attached hydrogens (tertiary/aromatic N) is 1. The van der Waals surface area contributed by atoms with Crippen molar-refractivity contribution in [2.75, 3.05) is 20.2 Å². The van der Waals surface area contributed by atoms with E-state index in [0.29, 0.717) is 30.1 Å². The number of rotatable bonds is 4. The van der Waals surface area contributed by atoms with Crippen molar-refractivity contribution in [1.29, 1.82) is 0 Å². The Kier molecular flexibility index (Phi) is 5.91. The van der Waals surface area contributed by atoms with E-state index in [0.717, 1.165) is 12.8 Å². The van der Waals surface area contributed by atoms with E-state index in [1.54, 1.807) is 24.3 Å². The van der Waals surface area contributed by atoms with Gasteiger partial charge in [0.2, 0.25) is 10.0 Å². The Morgan fingerprint density at radius 3 is 2.67 bits per heavy atom. The normalized spacial score (nSPS) is 26.7. The average Bonchev–Trinajstić information content (AvgIpc) is 3.10. The van der Waals surface area contributed by atoms with Crippen LogP contribution in [0, 0.1) is 11.8 Å². The minimum atomic E-state index is -3.47. The number of benzene rings is 1. The summed E-state index contributed by atoms with van der Waals surface area (Å²) in [5.74, 6) is -0.0696. The van der Waals surface area contributed by atoms with Gasteiger partial charge in [-0.3, -0.25) is 0 Å². The van der Waals surface area contributed by atoms with Crippen LogP contribution in [-0.2, 0) is 20.5 Å². The number of hydrogen-bond acceptors (Lipinski definition) is 5. The first-order valence-electron chi connectivity index (χ1n) is 7.82. The largest absolute Gasteiger partial charge is 0.465 e. The molecule has 3 atom stereocenters. The highest BCUT2D eigenvalue weighted by Crippen LogP contribution is 2.38. The zero-order valence-electron chi connectivity index (χ0n) is 13.6. The van der Waals surface area contributed by atoms with Crippen molar-refractivity contribution < 1.29 is 17.9 Å². The van der Waals surface area contributed by atoms with E-state index in [2.05, 4.69) is 0 Å². The molecule has 1 aromatic carbocycles. The van der Waals surface area contributed by atoms with Gasteiger partial charge in [-0.25, -0.2) is 17.5 Å². The van der Waals surface area contributed by atoms with Crippen LogP contribution in [0.4, 0.5) is 0 Å². The monoisotopic (exact) mass is 374 g/mol. The van der Waals surface area contributed by atoms with E-state index in [9.17, 15) is 13.2 Å². The summed E-state index contributed by atoms with van der Waals surface area (Å²) in [5, 5.41) is 0. The average molecular weight is 375 g/mol. The molecule has 0 spiro atoms. The van der Waals surface area contributed by atoms with Crippen molar-refractivity contribution in [3.8, 4) is 0 Å². The second-order valence-corrected chi connectivity index (χ2v) is 8.36. The molecule has 2 aliphatic rings. The number of esters is 1. The first-order valence-corrected chi connectivity index (χ1v) is 9.43. The number of nitrogens with two attached hydrogens (primary N) is 1. The standard InChI is InChI=1S/C16H22N2O4S.ClH/c1-22-16(19)13-5-3-2-4-12(13)10-23(20,21)18-8-11-6-7-15(17)14(11)9-18;/h2-5,11,14-15H,6-10,17H2,1H3;1H. The lowest BCUT2D eigenvalue weighted by Crippen LogP contribution is -2.34. The van der Waals surface area contributed by atoms with Gasteiger partial charge in [-0.05, 0) is 36.3 Å². The number of halogens is 1. The highest BCUT2D eigenvalue weighted by molar-refractivity contribution is 7.88. The molecule has 1 heterocycles. The molecular weight excluding hydrogens is 352 g/mol. The number of carbonyl (C=O) groups is 1. The zero-order valence-corrected chi connectivity index (χ0v) is 15.2. The van der Waals surface area contributed by atoms with Gasteiger partial charge in [0, 0.05) is 19.1 Å². The Bertz CT molecular complexity index is 710. The Hall–Kier alpha value is -1.15. The first kappa shape index (κ1) is 19.2. The van der Waals surface area contributed by atoms with E-state index in [1.807, 2.05) is 0 Å². The molecule has 0 bridgehead atoms. The second-order valence-electron chi connectivity index (χ2n) is 6.39. The Balaban J connectivity index is 0.00000208. The fourth-order valence-electron chi connectivity index (χ4n) is 3.74. The van der Waals surface area contributed by atoms with E-state index < -0.39 is 16.0 Å². The van der Waals surface area contributed by atoms with Crippen LogP contribution in [-0.4, -0.2) is 44.9 Å². The SMILES string of the molecule is COC(=O)c1ccccc1CS(=O)(=O)N1CC2CCC(N)C2C1.Cl. The molecule has 0 radical (unpaired) electrons. The molecule has 3 unspecified atom stereocenters. The van der Waals surface area contributed by atoms with E-state index in [4.69, 9.17) is 10.5 Å². The summed E-state index contributed by atoms with van der Waals surface area (Å²) >= 11 is 0. The predicted molar refractivity (Wildman–Crippen MR) is 93.4 cm³/mol. The smallest absolute Gasteiger partial charge is 0.338 e. The van der Waals surface area contributed by atoms with Gasteiger partial charge in [-0.2, -0.15) is 0 Å². The lowest BCUT2D eigenvalue weighted by molar-refractivity contribution is 0.0600. The molecule has 0 amide bonds. The number of fused-ring (bicyclic) bond motifs is 1. The molecule has 6 nitrogen and oxygen atoms in total. The molecule has 0 aromatic heterocycles. The van der Waals surface area contributed by atoms with Crippen molar-refractivity contribution in [2.24, 2.45) is 17.6 Å². The van der Waals surface area contributed by atoms with Crippen molar-refractivity contribution in [3.05, 3.63) is 35.4 Å². The van der Waals surface area contributed by atoms with Crippen LogP contribution in [0.25, 0.3) is 0 Å². The van der Waals surface area contributed by atoms with Gasteiger partial charge in [0.05, 0.1) is 18.4 Å². The number of hydrogen-bond donors (Lipinski definition) is 1. The summed E-state index contributed by atoms with van der Waals surface area (Å²) < 4.78 is 31.7. The molecular formula is C16H23ClN2O4S. The summed E-state index contributed by atoms with van der Waals surface area (Å²) in [6, 6.07) is 6.77. The van der Waals surface area contributed by atoms with Crippen LogP contribution in [0.1, 0.15) is 28.8 Å². The minimum Gasteiger partial charge on any atom is -0.465 e. The van der Waals surface area contributed by atoms with Crippen molar-refractivity contribution in [1.82, 2.24) is 4.31 Å². The molecule has 1 aliphatic heterocycles. The fraction of sp³-hybridized carbons (Fsp3) is 0.562. The van der Waals surface area contributed by atoms with Crippen LogP contribution < -0.4 is 5.73 Å². The van der Waals surface area contributed by atoms with Gasteiger partial charge in [-0.1, -0.05) is 18.2 Å². The molecule has 1 aromatic rings. The summed E-state index contributed by atoms with van der Waals surface area (Å²) in [4.78, 5) is 11.8. The highest BCUT2D eigenvalue weighted by Gasteiger charge is 2.44. The summed E-state index contributed by atoms with van der Waals surface area (Å²) in [7, 11) is -2.18. The summed E-state index contributed by atoms with van der Waals surface area (Å²) in [6.45, 7) is 1.04. The molecule has 1 saturated heterocycles. The van der Waals surface area contributed by atoms with Gasteiger partial charge in [0.1, 0.15) is 0 Å². The second kappa shape index (κ2) is 7.39. The number of ether oxygens (including phenoxy) is 1. The van der Waals surface area contributed by atoms with Crippen LogP contribution in [0.5, 0.6) is 0 Å². The maximum absolute atomic E-state index is 12.7. The maximum Gasteiger partial charge on any atom is 0.338 e. The Morgan fingerprint density at radius 1 is 1.29 bits per heavy atom. The third-order valence-electron chi connectivity index (χ3n) is 5.03. The zero-order chi connectivity index (χ0) is 16.6. The topological polar surface area (TPSA) is 89.7 Å². The highest BCUT2D eigenvalue weighted by atomic mass is 35.5.